The molecule has 0 saturated heterocycles. The molecule has 0 saturated carbocycles. The number of carbonyl (C=O) groups excluding carboxylic acids is 1. The summed E-state index contributed by atoms with van der Waals surface area (Å²) in [5, 5.41) is 20.8. The number of hydrogen-bond acceptors (Lipinski definition) is 4. The van der Waals surface area contributed by atoms with Crippen LogP contribution in [0.1, 0.15) is 15.9 Å². The van der Waals surface area contributed by atoms with Gasteiger partial charge in [-0.2, -0.15) is 5.26 Å². The lowest BCUT2D eigenvalue weighted by Crippen LogP contribution is -2.13. The number of nitrogens with one attached hydrogen (secondary N) is 1. The summed E-state index contributed by atoms with van der Waals surface area (Å²) in [7, 11) is 1.34. The first-order valence-electron chi connectivity index (χ1n) is 7.04. The van der Waals surface area contributed by atoms with Crippen molar-refractivity contribution in [2.24, 2.45) is 0 Å². The van der Waals surface area contributed by atoms with Crippen molar-refractivity contribution in [3.8, 4) is 11.8 Å². The van der Waals surface area contributed by atoms with Crippen molar-refractivity contribution in [3.05, 3.63) is 65.0 Å². The van der Waals surface area contributed by atoms with Gasteiger partial charge in [0.2, 0.25) is 0 Å². The average Bonchev–Trinajstić information content (AvgIpc) is 2.61. The van der Waals surface area contributed by atoms with Gasteiger partial charge in [0.1, 0.15) is 28.8 Å². The van der Waals surface area contributed by atoms with Gasteiger partial charge in [-0.15, -0.1) is 0 Å². The highest BCUT2D eigenvalue weighted by Crippen LogP contribution is 2.21. The summed E-state index contributed by atoms with van der Waals surface area (Å²) in [6, 6.07) is 11.1. The number of carboxylic acids is 1. The third-order valence-electron chi connectivity index (χ3n) is 3.23. The summed E-state index contributed by atoms with van der Waals surface area (Å²) in [5.74, 6) is -2.17. The maximum absolute atomic E-state index is 12.9. The second kappa shape index (κ2) is 7.75. The quantitative estimate of drug-likeness (QED) is 0.644. The molecule has 0 heterocycles. The van der Waals surface area contributed by atoms with Crippen molar-refractivity contribution in [3.63, 3.8) is 0 Å². The molecule has 0 aliphatic heterocycles. The van der Waals surface area contributed by atoms with Crippen LogP contribution >= 0.6 is 0 Å². The zero-order valence-electron chi connectivity index (χ0n) is 13.1. The van der Waals surface area contributed by atoms with E-state index in [4.69, 9.17) is 9.84 Å². The average molecular weight is 340 g/mol. The van der Waals surface area contributed by atoms with Gasteiger partial charge in [0.05, 0.1) is 7.11 Å². The Balaban J connectivity index is 2.29. The number of hydrogen-bond donors (Lipinski definition) is 2. The van der Waals surface area contributed by atoms with Crippen molar-refractivity contribution in [1.29, 1.82) is 5.26 Å². The summed E-state index contributed by atoms with van der Waals surface area (Å²) >= 11 is 0. The van der Waals surface area contributed by atoms with Crippen LogP contribution in [0.3, 0.4) is 0 Å². The molecule has 0 aromatic heterocycles. The number of benzene rings is 2. The molecule has 2 aromatic rings. The largest absolute Gasteiger partial charge is 0.496 e. The van der Waals surface area contributed by atoms with E-state index in [9.17, 15) is 19.2 Å². The van der Waals surface area contributed by atoms with E-state index in [1.165, 1.54) is 55.7 Å². The summed E-state index contributed by atoms with van der Waals surface area (Å²) < 4.78 is 17.8. The lowest BCUT2D eigenvalue weighted by molar-refractivity contribution is -0.112. The molecular weight excluding hydrogens is 327 g/mol. The highest BCUT2D eigenvalue weighted by atomic mass is 19.1. The van der Waals surface area contributed by atoms with Crippen molar-refractivity contribution in [1.82, 2.24) is 0 Å². The minimum atomic E-state index is -1.19. The summed E-state index contributed by atoms with van der Waals surface area (Å²) in [5.41, 5.74) is 0.357. The first kappa shape index (κ1) is 17.7. The second-order valence-corrected chi connectivity index (χ2v) is 4.90. The third kappa shape index (κ3) is 4.42. The molecule has 7 heteroatoms. The topological polar surface area (TPSA) is 99.4 Å². The van der Waals surface area contributed by atoms with Crippen molar-refractivity contribution in [2.45, 2.75) is 0 Å². The standard InChI is InChI=1S/C18H13FN2O4/c1-25-16-7-2-11(9-15(16)18(23)24)8-12(10-20)17(22)21-14-5-3-13(19)4-6-14/h2-9H,1H3,(H,21,22)(H,23,24)/b12-8-. The summed E-state index contributed by atoms with van der Waals surface area (Å²) in [6.07, 6.45) is 1.25. The van der Waals surface area contributed by atoms with Crippen LogP contribution in [-0.2, 0) is 4.79 Å². The van der Waals surface area contributed by atoms with Crippen LogP contribution in [0.15, 0.2) is 48.0 Å². The Morgan fingerprint density at radius 1 is 1.24 bits per heavy atom. The first-order valence-corrected chi connectivity index (χ1v) is 7.04. The molecule has 2 aromatic carbocycles. The van der Waals surface area contributed by atoms with Gasteiger partial charge in [0, 0.05) is 5.69 Å². The summed E-state index contributed by atoms with van der Waals surface area (Å²) in [4.78, 5) is 23.4. The lowest BCUT2D eigenvalue weighted by Gasteiger charge is -2.07. The Kier molecular flexibility index (Phi) is 5.48. The minimum Gasteiger partial charge on any atom is -0.496 e. The van der Waals surface area contributed by atoms with Gasteiger partial charge >= 0.3 is 5.97 Å². The van der Waals surface area contributed by atoms with E-state index in [1.54, 1.807) is 6.07 Å². The van der Waals surface area contributed by atoms with Gasteiger partial charge in [-0.25, -0.2) is 9.18 Å². The predicted molar refractivity (Wildman–Crippen MR) is 88.6 cm³/mol. The number of nitrogens with zero attached hydrogens (tertiary/aromatic N) is 1. The van der Waals surface area contributed by atoms with E-state index >= 15 is 0 Å². The number of anilines is 1. The number of carboxylic acid groups (broad SMARTS) is 1. The monoisotopic (exact) mass is 340 g/mol. The predicted octanol–water partition coefficient (Wildman–Crippen LogP) is 3.08. The maximum atomic E-state index is 12.9. The SMILES string of the molecule is COc1ccc(/C=C(/C#N)C(=O)Nc2ccc(F)cc2)cc1C(=O)O. The molecule has 2 N–H and O–H groups in total. The molecule has 0 unspecified atom stereocenters. The molecule has 2 rings (SSSR count). The summed E-state index contributed by atoms with van der Waals surface area (Å²) in [6.45, 7) is 0. The number of ether oxygens (including phenoxy) is 1. The highest BCUT2D eigenvalue weighted by Gasteiger charge is 2.13. The zero-order chi connectivity index (χ0) is 18.4. The van der Waals surface area contributed by atoms with Crippen LogP contribution < -0.4 is 10.1 Å². The third-order valence-corrected chi connectivity index (χ3v) is 3.23. The van der Waals surface area contributed by atoms with E-state index in [0.717, 1.165) is 0 Å². The van der Waals surface area contributed by atoms with E-state index in [2.05, 4.69) is 5.32 Å². The molecule has 126 valence electrons. The van der Waals surface area contributed by atoms with E-state index < -0.39 is 17.7 Å². The Labute approximate surface area is 142 Å². The Morgan fingerprint density at radius 2 is 1.92 bits per heavy atom. The van der Waals surface area contributed by atoms with Gasteiger partial charge < -0.3 is 15.2 Å². The van der Waals surface area contributed by atoms with Crippen molar-refractivity contribution in [2.75, 3.05) is 12.4 Å². The number of halogens is 1. The fourth-order valence-corrected chi connectivity index (χ4v) is 2.03. The molecule has 1 amide bonds. The van der Waals surface area contributed by atoms with Gasteiger partial charge in [-0.1, -0.05) is 6.07 Å². The fraction of sp³-hybridized carbons (Fsp3) is 0.0556. The zero-order valence-corrected chi connectivity index (χ0v) is 13.1. The number of carbonyl (C=O) groups is 2. The first-order chi connectivity index (χ1) is 11.9. The second-order valence-electron chi connectivity index (χ2n) is 4.90. The molecule has 25 heavy (non-hydrogen) atoms. The van der Waals surface area contributed by atoms with Crippen molar-refractivity contribution >= 4 is 23.6 Å². The molecule has 6 nitrogen and oxygen atoms in total. The van der Waals surface area contributed by atoms with Gasteiger partial charge in [-0.3, -0.25) is 4.79 Å². The van der Waals surface area contributed by atoms with Crippen LogP contribution in [0.2, 0.25) is 0 Å². The lowest BCUT2D eigenvalue weighted by atomic mass is 10.1. The maximum Gasteiger partial charge on any atom is 0.339 e. The molecule has 0 aliphatic rings. The van der Waals surface area contributed by atoms with Crippen LogP contribution in [0.4, 0.5) is 10.1 Å². The normalized spacial score (nSPS) is 10.7. The molecule has 0 fully saturated rings. The number of rotatable bonds is 5. The Morgan fingerprint density at radius 3 is 2.48 bits per heavy atom. The highest BCUT2D eigenvalue weighted by molar-refractivity contribution is 6.09. The van der Waals surface area contributed by atoms with E-state index in [1.807, 2.05) is 0 Å². The minimum absolute atomic E-state index is 0.0903. The number of aromatic carboxylic acids is 1. The number of nitriles is 1. The van der Waals surface area contributed by atoms with Crippen LogP contribution in [0.5, 0.6) is 5.75 Å². The molecule has 0 spiro atoms. The number of methoxy groups -OCH3 is 1. The molecule has 0 bridgehead atoms. The van der Waals surface area contributed by atoms with Crippen LogP contribution in [-0.4, -0.2) is 24.1 Å². The Bertz CT molecular complexity index is 883. The van der Waals surface area contributed by atoms with E-state index in [0.29, 0.717) is 11.3 Å². The van der Waals surface area contributed by atoms with Gasteiger partial charge in [0.15, 0.2) is 0 Å². The van der Waals surface area contributed by atoms with Crippen LogP contribution in [0.25, 0.3) is 6.08 Å². The molecule has 0 radical (unpaired) electrons. The van der Waals surface area contributed by atoms with Gasteiger partial charge in [-0.05, 0) is 48.0 Å². The van der Waals surface area contributed by atoms with Gasteiger partial charge in [0.25, 0.3) is 5.91 Å². The van der Waals surface area contributed by atoms with Crippen molar-refractivity contribution < 1.29 is 23.8 Å². The molecular formula is C18H13FN2O4. The fourth-order valence-electron chi connectivity index (χ4n) is 2.03. The smallest absolute Gasteiger partial charge is 0.339 e. The molecule has 0 aliphatic carbocycles. The Hall–Kier alpha value is -3.66. The molecule has 0 atom stereocenters. The van der Waals surface area contributed by atoms with Crippen LogP contribution in [0, 0.1) is 17.1 Å². The van der Waals surface area contributed by atoms with E-state index in [-0.39, 0.29) is 16.9 Å². The number of amides is 1.